The molecule has 2 aliphatic rings. The van der Waals surface area contributed by atoms with Crippen LogP contribution in [0, 0.1) is 0 Å². The molecule has 1 saturated carbocycles. The van der Waals surface area contributed by atoms with Crippen molar-refractivity contribution in [3.63, 3.8) is 0 Å². The van der Waals surface area contributed by atoms with Gasteiger partial charge in [0, 0.05) is 29.4 Å². The third-order valence-corrected chi connectivity index (χ3v) is 6.41. The average molecular weight is 405 g/mol. The minimum Gasteiger partial charge on any atom is -0.425 e. The van der Waals surface area contributed by atoms with E-state index in [1.54, 1.807) is 11.3 Å². The Balaban J connectivity index is 1.29. The number of halogens is 1. The zero-order chi connectivity index (χ0) is 16.1. The summed E-state index contributed by atoms with van der Waals surface area (Å²) >= 11 is 5.29. The molecule has 24 heavy (non-hydrogen) atoms. The van der Waals surface area contributed by atoms with E-state index in [-0.39, 0.29) is 0 Å². The topological polar surface area (TPSA) is 55.1 Å². The summed E-state index contributed by atoms with van der Waals surface area (Å²) in [5.41, 5.74) is 1.08. The van der Waals surface area contributed by atoms with Gasteiger partial charge in [-0.2, -0.15) is 0 Å². The van der Waals surface area contributed by atoms with E-state index in [0.29, 0.717) is 11.8 Å². The van der Waals surface area contributed by atoms with E-state index in [9.17, 15) is 0 Å². The van der Waals surface area contributed by atoms with Gasteiger partial charge in [0.2, 0.25) is 11.8 Å². The van der Waals surface area contributed by atoms with Gasteiger partial charge in [0.1, 0.15) is 0 Å². The van der Waals surface area contributed by atoms with E-state index in [1.165, 1.54) is 17.5 Å². The Morgan fingerprint density at radius 2 is 1.75 bits per heavy atom. The molecule has 2 aromatic heterocycles. The van der Waals surface area contributed by atoms with Crippen LogP contribution in [-0.4, -0.2) is 28.3 Å². The third-order valence-electron chi connectivity index (χ3n) is 4.84. The molecule has 3 aromatic rings. The van der Waals surface area contributed by atoms with Crippen LogP contribution in [0.3, 0.4) is 0 Å². The summed E-state index contributed by atoms with van der Waals surface area (Å²) < 4.78 is 8.22. The van der Waals surface area contributed by atoms with Crippen molar-refractivity contribution >= 4 is 42.6 Å². The van der Waals surface area contributed by atoms with Crippen molar-refractivity contribution in [2.75, 3.05) is 18.0 Å². The van der Waals surface area contributed by atoms with Crippen LogP contribution in [-0.2, 0) is 0 Å². The summed E-state index contributed by atoms with van der Waals surface area (Å²) in [5.74, 6) is 2.62. The maximum Gasteiger partial charge on any atom is 0.219 e. The highest BCUT2D eigenvalue weighted by atomic mass is 79.9. The SMILES string of the molecule is Brc1ccc2nc(N3CCC(c4nnc(C5CC5)o4)CC3)sc2c1. The first-order chi connectivity index (χ1) is 11.8. The lowest BCUT2D eigenvalue weighted by Gasteiger charge is -2.30. The molecule has 0 spiro atoms. The fourth-order valence-electron chi connectivity index (χ4n) is 3.25. The molecule has 1 aliphatic heterocycles. The van der Waals surface area contributed by atoms with E-state index >= 15 is 0 Å². The van der Waals surface area contributed by atoms with Crippen LogP contribution in [0.2, 0.25) is 0 Å². The first-order valence-electron chi connectivity index (χ1n) is 8.40. The lowest BCUT2D eigenvalue weighted by Crippen LogP contribution is -2.32. The Morgan fingerprint density at radius 1 is 1.04 bits per heavy atom. The first kappa shape index (κ1) is 14.8. The predicted octanol–water partition coefficient (Wildman–Crippen LogP) is 4.70. The lowest BCUT2D eigenvalue weighted by molar-refractivity contribution is 0.376. The van der Waals surface area contributed by atoms with Crippen molar-refractivity contribution in [3.8, 4) is 0 Å². The Kier molecular flexibility index (Phi) is 3.59. The molecule has 0 bridgehead atoms. The van der Waals surface area contributed by atoms with Gasteiger partial charge in [-0.3, -0.25) is 0 Å². The van der Waals surface area contributed by atoms with Gasteiger partial charge >= 0.3 is 0 Å². The van der Waals surface area contributed by atoms with Crippen LogP contribution < -0.4 is 4.90 Å². The molecule has 1 aliphatic carbocycles. The van der Waals surface area contributed by atoms with E-state index < -0.39 is 0 Å². The smallest absolute Gasteiger partial charge is 0.219 e. The second kappa shape index (κ2) is 5.81. The van der Waals surface area contributed by atoms with Gasteiger partial charge in [-0.1, -0.05) is 27.3 Å². The number of benzene rings is 1. The number of nitrogens with zero attached hydrogens (tertiary/aromatic N) is 4. The zero-order valence-corrected chi connectivity index (χ0v) is 15.5. The van der Waals surface area contributed by atoms with Gasteiger partial charge in [-0.05, 0) is 43.9 Å². The van der Waals surface area contributed by atoms with E-state index in [0.717, 1.165) is 52.8 Å². The molecule has 5 rings (SSSR count). The molecule has 3 heterocycles. The number of piperidine rings is 1. The molecular formula is C17H17BrN4OS. The summed E-state index contributed by atoms with van der Waals surface area (Å²) in [6.07, 6.45) is 4.50. The van der Waals surface area contributed by atoms with Crippen molar-refractivity contribution in [1.29, 1.82) is 0 Å². The molecule has 0 radical (unpaired) electrons. The largest absolute Gasteiger partial charge is 0.425 e. The molecule has 0 unspecified atom stereocenters. The number of aromatic nitrogens is 3. The number of rotatable bonds is 3. The van der Waals surface area contributed by atoms with Crippen LogP contribution in [0.5, 0.6) is 0 Å². The normalized spacial score (nSPS) is 19.3. The summed E-state index contributed by atoms with van der Waals surface area (Å²) in [6.45, 7) is 1.99. The van der Waals surface area contributed by atoms with Crippen molar-refractivity contribution in [2.45, 2.75) is 37.5 Å². The minimum absolute atomic E-state index is 0.393. The van der Waals surface area contributed by atoms with E-state index in [2.05, 4.69) is 43.2 Å². The van der Waals surface area contributed by atoms with Crippen LogP contribution >= 0.6 is 27.3 Å². The van der Waals surface area contributed by atoms with E-state index in [1.807, 2.05) is 6.07 Å². The number of hydrogen-bond donors (Lipinski definition) is 0. The molecule has 0 amide bonds. The zero-order valence-electron chi connectivity index (χ0n) is 13.1. The predicted molar refractivity (Wildman–Crippen MR) is 97.8 cm³/mol. The molecule has 7 heteroatoms. The molecule has 0 atom stereocenters. The van der Waals surface area contributed by atoms with Gasteiger partial charge in [-0.25, -0.2) is 4.98 Å². The van der Waals surface area contributed by atoms with Gasteiger partial charge in [0.25, 0.3) is 0 Å². The van der Waals surface area contributed by atoms with Gasteiger partial charge in [0.05, 0.1) is 10.2 Å². The first-order valence-corrected chi connectivity index (χ1v) is 10.0. The second-order valence-corrected chi connectivity index (χ2v) is 8.55. The van der Waals surface area contributed by atoms with Crippen molar-refractivity contribution in [2.24, 2.45) is 0 Å². The Bertz CT molecular complexity index is 880. The van der Waals surface area contributed by atoms with Crippen LogP contribution in [0.15, 0.2) is 27.1 Å². The maximum atomic E-state index is 5.89. The molecular weight excluding hydrogens is 388 g/mol. The monoisotopic (exact) mass is 404 g/mol. The van der Waals surface area contributed by atoms with Gasteiger partial charge < -0.3 is 9.32 Å². The number of hydrogen-bond acceptors (Lipinski definition) is 6. The second-order valence-electron chi connectivity index (χ2n) is 6.62. The maximum absolute atomic E-state index is 5.89. The highest BCUT2D eigenvalue weighted by Crippen LogP contribution is 2.40. The Morgan fingerprint density at radius 3 is 2.46 bits per heavy atom. The number of anilines is 1. The third kappa shape index (κ3) is 2.73. The Hall–Kier alpha value is -1.47. The standard InChI is InChI=1S/C17H17BrN4OS/c18-12-3-4-13-14(9-12)24-17(19-13)22-7-5-11(6-8-22)16-21-20-15(23-16)10-1-2-10/h3-4,9-11H,1-2,5-8H2. The lowest BCUT2D eigenvalue weighted by atomic mass is 9.97. The van der Waals surface area contributed by atoms with Crippen molar-refractivity contribution in [3.05, 3.63) is 34.5 Å². The van der Waals surface area contributed by atoms with Crippen molar-refractivity contribution < 1.29 is 4.42 Å². The molecule has 5 nitrogen and oxygen atoms in total. The highest BCUT2D eigenvalue weighted by Gasteiger charge is 2.32. The summed E-state index contributed by atoms with van der Waals surface area (Å²) in [6, 6.07) is 6.26. The van der Waals surface area contributed by atoms with Crippen LogP contribution in [0.1, 0.15) is 49.3 Å². The molecule has 1 aromatic carbocycles. The summed E-state index contributed by atoms with van der Waals surface area (Å²) in [4.78, 5) is 7.17. The Labute approximate surface area is 152 Å². The fraction of sp³-hybridized carbons (Fsp3) is 0.471. The minimum atomic E-state index is 0.393. The summed E-state index contributed by atoms with van der Waals surface area (Å²) in [7, 11) is 0. The quantitative estimate of drug-likeness (QED) is 0.632. The van der Waals surface area contributed by atoms with Gasteiger partial charge in [0.15, 0.2) is 5.13 Å². The molecule has 0 N–H and O–H groups in total. The van der Waals surface area contributed by atoms with Gasteiger partial charge in [-0.15, -0.1) is 10.2 Å². The molecule has 1 saturated heterocycles. The average Bonchev–Trinajstić information content (AvgIpc) is 3.18. The summed E-state index contributed by atoms with van der Waals surface area (Å²) in [5, 5.41) is 9.63. The fourth-order valence-corrected chi connectivity index (χ4v) is 4.82. The van der Waals surface area contributed by atoms with Crippen LogP contribution in [0.25, 0.3) is 10.2 Å². The highest BCUT2D eigenvalue weighted by molar-refractivity contribution is 9.10. The number of thiazole rings is 1. The van der Waals surface area contributed by atoms with Crippen molar-refractivity contribution in [1.82, 2.24) is 15.2 Å². The van der Waals surface area contributed by atoms with Crippen LogP contribution in [0.4, 0.5) is 5.13 Å². The molecule has 2 fully saturated rings. The molecule has 124 valence electrons. The number of fused-ring (bicyclic) bond motifs is 1. The van der Waals surface area contributed by atoms with E-state index in [4.69, 9.17) is 9.40 Å².